The molecule has 1 heterocycles. The van der Waals surface area contributed by atoms with E-state index in [1.807, 2.05) is 0 Å². The van der Waals surface area contributed by atoms with Crippen LogP contribution >= 0.6 is 0 Å². The van der Waals surface area contributed by atoms with Crippen molar-refractivity contribution in [1.29, 1.82) is 0 Å². The first-order chi connectivity index (χ1) is 8.54. The molecule has 1 atom stereocenters. The summed E-state index contributed by atoms with van der Waals surface area (Å²) < 4.78 is 0. The van der Waals surface area contributed by atoms with Gasteiger partial charge in [0.2, 0.25) is 0 Å². The fraction of sp³-hybridized carbons (Fsp3) is 1.00. The van der Waals surface area contributed by atoms with Crippen LogP contribution in [0.2, 0.25) is 0 Å². The van der Waals surface area contributed by atoms with Crippen molar-refractivity contribution < 1.29 is 0 Å². The molecule has 0 radical (unpaired) electrons. The zero-order chi connectivity index (χ0) is 13.4. The summed E-state index contributed by atoms with van der Waals surface area (Å²) in [5.41, 5.74) is 0.488. The lowest BCUT2D eigenvalue weighted by Crippen LogP contribution is -2.32. The standard InChI is InChI=1S/C16H34N2/c1-5-6-7-8-10-17-11-13-18-12-9-15(14-18)16(2,3)4/h15,17H,5-14H2,1-4H3. The van der Waals surface area contributed by atoms with Crippen LogP contribution in [-0.4, -0.2) is 37.6 Å². The average molecular weight is 254 g/mol. The van der Waals surface area contributed by atoms with E-state index in [1.54, 1.807) is 0 Å². The Kier molecular flexibility index (Phi) is 7.25. The van der Waals surface area contributed by atoms with Crippen LogP contribution in [0.4, 0.5) is 0 Å². The summed E-state index contributed by atoms with van der Waals surface area (Å²) in [4.78, 5) is 2.63. The molecule has 1 N–H and O–H groups in total. The zero-order valence-corrected chi connectivity index (χ0v) is 13.1. The number of hydrogen-bond acceptors (Lipinski definition) is 2. The minimum atomic E-state index is 0.488. The lowest BCUT2D eigenvalue weighted by Gasteiger charge is -2.27. The second-order valence-corrected chi connectivity index (χ2v) is 6.96. The maximum absolute atomic E-state index is 3.58. The first kappa shape index (κ1) is 16.0. The Labute approximate surface area is 115 Å². The molecule has 0 aliphatic carbocycles. The third-order valence-corrected chi connectivity index (χ3v) is 4.31. The molecule has 0 saturated carbocycles. The molecule has 1 aliphatic rings. The predicted octanol–water partition coefficient (Wildman–Crippen LogP) is 3.52. The van der Waals surface area contributed by atoms with Gasteiger partial charge in [0.15, 0.2) is 0 Å². The van der Waals surface area contributed by atoms with E-state index in [9.17, 15) is 0 Å². The molecule has 1 rings (SSSR count). The highest BCUT2D eigenvalue weighted by molar-refractivity contribution is 4.83. The maximum atomic E-state index is 3.58. The molecule has 1 aliphatic heterocycles. The second kappa shape index (κ2) is 8.16. The van der Waals surface area contributed by atoms with Gasteiger partial charge in [0.1, 0.15) is 0 Å². The lowest BCUT2D eigenvalue weighted by atomic mass is 9.80. The van der Waals surface area contributed by atoms with Crippen molar-refractivity contribution in [3.63, 3.8) is 0 Å². The van der Waals surface area contributed by atoms with Gasteiger partial charge in [0.05, 0.1) is 0 Å². The summed E-state index contributed by atoms with van der Waals surface area (Å²) >= 11 is 0. The molecule has 0 amide bonds. The fourth-order valence-corrected chi connectivity index (χ4v) is 2.78. The summed E-state index contributed by atoms with van der Waals surface area (Å²) in [7, 11) is 0. The van der Waals surface area contributed by atoms with Gasteiger partial charge in [-0.25, -0.2) is 0 Å². The molecule has 1 saturated heterocycles. The van der Waals surface area contributed by atoms with Gasteiger partial charge in [0.25, 0.3) is 0 Å². The predicted molar refractivity (Wildman–Crippen MR) is 81.0 cm³/mol. The van der Waals surface area contributed by atoms with Gasteiger partial charge in [-0.3, -0.25) is 0 Å². The van der Waals surface area contributed by atoms with Gasteiger partial charge in [-0.2, -0.15) is 0 Å². The van der Waals surface area contributed by atoms with Gasteiger partial charge in [0, 0.05) is 19.6 Å². The third kappa shape index (κ3) is 6.19. The average Bonchev–Trinajstić information content (AvgIpc) is 2.76. The van der Waals surface area contributed by atoms with E-state index in [0.29, 0.717) is 5.41 Å². The van der Waals surface area contributed by atoms with Crippen LogP contribution < -0.4 is 5.32 Å². The van der Waals surface area contributed by atoms with Crippen molar-refractivity contribution in [2.24, 2.45) is 11.3 Å². The van der Waals surface area contributed by atoms with E-state index in [2.05, 4.69) is 37.9 Å². The van der Waals surface area contributed by atoms with Crippen molar-refractivity contribution >= 4 is 0 Å². The Hall–Kier alpha value is -0.0800. The van der Waals surface area contributed by atoms with E-state index < -0.39 is 0 Å². The van der Waals surface area contributed by atoms with E-state index in [1.165, 1.54) is 64.8 Å². The van der Waals surface area contributed by atoms with E-state index in [-0.39, 0.29) is 0 Å². The van der Waals surface area contributed by atoms with Crippen LogP contribution in [0, 0.1) is 11.3 Å². The molecule has 0 aromatic rings. The fourth-order valence-electron chi connectivity index (χ4n) is 2.78. The quantitative estimate of drug-likeness (QED) is 0.667. The van der Waals surface area contributed by atoms with E-state index in [0.717, 1.165) is 5.92 Å². The van der Waals surface area contributed by atoms with Crippen molar-refractivity contribution in [3.8, 4) is 0 Å². The molecule has 0 aromatic heterocycles. The topological polar surface area (TPSA) is 15.3 Å². The largest absolute Gasteiger partial charge is 0.315 e. The van der Waals surface area contributed by atoms with Crippen LogP contribution in [-0.2, 0) is 0 Å². The molecule has 0 bridgehead atoms. The van der Waals surface area contributed by atoms with Crippen molar-refractivity contribution in [2.75, 3.05) is 32.7 Å². The molecule has 0 aromatic carbocycles. The number of likely N-dealkylation sites (tertiary alicyclic amines) is 1. The smallest absolute Gasteiger partial charge is 0.0107 e. The van der Waals surface area contributed by atoms with Gasteiger partial charge >= 0.3 is 0 Å². The Morgan fingerprint density at radius 3 is 2.50 bits per heavy atom. The Morgan fingerprint density at radius 1 is 1.11 bits per heavy atom. The molecule has 2 nitrogen and oxygen atoms in total. The molecule has 18 heavy (non-hydrogen) atoms. The minimum absolute atomic E-state index is 0.488. The van der Waals surface area contributed by atoms with Crippen molar-refractivity contribution in [2.45, 2.75) is 59.8 Å². The normalized spacial score (nSPS) is 21.7. The van der Waals surface area contributed by atoms with Gasteiger partial charge in [-0.15, -0.1) is 0 Å². The molecule has 108 valence electrons. The zero-order valence-electron chi connectivity index (χ0n) is 13.1. The monoisotopic (exact) mass is 254 g/mol. The van der Waals surface area contributed by atoms with E-state index >= 15 is 0 Å². The van der Waals surface area contributed by atoms with Gasteiger partial charge in [-0.1, -0.05) is 47.0 Å². The first-order valence-electron chi connectivity index (χ1n) is 7.97. The third-order valence-electron chi connectivity index (χ3n) is 4.31. The highest BCUT2D eigenvalue weighted by Gasteiger charge is 2.31. The van der Waals surface area contributed by atoms with Crippen LogP contribution in [0.3, 0.4) is 0 Å². The first-order valence-corrected chi connectivity index (χ1v) is 7.97. The number of hydrogen-bond donors (Lipinski definition) is 1. The highest BCUT2D eigenvalue weighted by atomic mass is 15.2. The summed E-state index contributed by atoms with van der Waals surface area (Å²) in [6.45, 7) is 15.6. The van der Waals surface area contributed by atoms with E-state index in [4.69, 9.17) is 0 Å². The summed E-state index contributed by atoms with van der Waals surface area (Å²) in [6, 6.07) is 0. The molecule has 1 unspecified atom stereocenters. The minimum Gasteiger partial charge on any atom is -0.315 e. The summed E-state index contributed by atoms with van der Waals surface area (Å²) in [5, 5.41) is 3.58. The molecule has 2 heteroatoms. The number of nitrogens with one attached hydrogen (secondary N) is 1. The van der Waals surface area contributed by atoms with Crippen LogP contribution in [0.15, 0.2) is 0 Å². The second-order valence-electron chi connectivity index (χ2n) is 6.96. The number of unbranched alkanes of at least 4 members (excludes halogenated alkanes) is 3. The molecular weight excluding hydrogens is 220 g/mol. The number of rotatable bonds is 8. The van der Waals surface area contributed by atoms with Crippen LogP contribution in [0.5, 0.6) is 0 Å². The summed E-state index contributed by atoms with van der Waals surface area (Å²) in [6.07, 6.45) is 6.85. The Morgan fingerprint density at radius 2 is 1.89 bits per heavy atom. The molecular formula is C16H34N2. The van der Waals surface area contributed by atoms with Crippen LogP contribution in [0.1, 0.15) is 59.8 Å². The maximum Gasteiger partial charge on any atom is 0.0107 e. The summed E-state index contributed by atoms with van der Waals surface area (Å²) in [5.74, 6) is 0.891. The van der Waals surface area contributed by atoms with Gasteiger partial charge < -0.3 is 10.2 Å². The van der Waals surface area contributed by atoms with Gasteiger partial charge in [-0.05, 0) is 37.3 Å². The van der Waals surface area contributed by atoms with Crippen molar-refractivity contribution in [1.82, 2.24) is 10.2 Å². The lowest BCUT2D eigenvalue weighted by molar-refractivity contribution is 0.229. The highest BCUT2D eigenvalue weighted by Crippen LogP contribution is 2.33. The SMILES string of the molecule is CCCCCCNCCN1CCC(C(C)(C)C)C1. The Balaban J connectivity index is 1.98. The van der Waals surface area contributed by atoms with Crippen molar-refractivity contribution in [3.05, 3.63) is 0 Å². The van der Waals surface area contributed by atoms with Crippen LogP contribution in [0.25, 0.3) is 0 Å². The molecule has 1 fully saturated rings. The molecule has 0 spiro atoms. The Bertz CT molecular complexity index is 208. The number of nitrogens with zero attached hydrogens (tertiary/aromatic N) is 1.